The molecule has 0 fully saturated rings. The number of rotatable bonds is 7. The van der Waals surface area contributed by atoms with Gasteiger partial charge >= 0.3 is 0 Å². The molecule has 0 aliphatic carbocycles. The Labute approximate surface area is 161 Å². The molecule has 1 unspecified atom stereocenters. The molecule has 0 saturated heterocycles. The maximum absolute atomic E-state index is 12.2. The summed E-state index contributed by atoms with van der Waals surface area (Å²) < 4.78 is 26.4. The molecule has 0 aliphatic rings. The van der Waals surface area contributed by atoms with Crippen LogP contribution in [0.25, 0.3) is 0 Å². The van der Waals surface area contributed by atoms with Crippen LogP contribution in [0.3, 0.4) is 0 Å². The first kappa shape index (κ1) is 19.1. The average molecular weight is 406 g/mol. The molecule has 0 bridgehead atoms. The fraction of sp³-hybridized carbons (Fsp3) is 0.250. The molecule has 0 aromatic carbocycles. The molecule has 9 nitrogen and oxygen atoms in total. The number of nitrogens with one attached hydrogen (secondary N) is 2. The average Bonchev–Trinajstić information content (AvgIpc) is 3.26. The zero-order valence-corrected chi connectivity index (χ0v) is 16.3. The Bertz CT molecular complexity index is 1000. The SMILES string of the molecule is Cc1ncc(CNC(=O)c2ccc(C(N[SH](=O)=O)c3ccn(C)n3)cn2)s1. The fourth-order valence-electron chi connectivity index (χ4n) is 2.46. The van der Waals surface area contributed by atoms with E-state index in [0.29, 0.717) is 17.8 Å². The number of hydrogen-bond donors (Lipinski definition) is 3. The van der Waals surface area contributed by atoms with Gasteiger partial charge in [-0.3, -0.25) is 14.5 Å². The largest absolute Gasteiger partial charge is 0.346 e. The summed E-state index contributed by atoms with van der Waals surface area (Å²) in [5, 5.41) is 7.96. The number of nitrogens with zero attached hydrogens (tertiary/aromatic N) is 4. The van der Waals surface area contributed by atoms with Crippen molar-refractivity contribution in [1.29, 1.82) is 0 Å². The van der Waals surface area contributed by atoms with Crippen molar-refractivity contribution in [1.82, 2.24) is 29.8 Å². The Morgan fingerprint density at radius 3 is 2.63 bits per heavy atom. The molecule has 27 heavy (non-hydrogen) atoms. The van der Waals surface area contributed by atoms with E-state index >= 15 is 0 Å². The van der Waals surface area contributed by atoms with Crippen molar-refractivity contribution in [2.45, 2.75) is 19.5 Å². The van der Waals surface area contributed by atoms with Crippen molar-refractivity contribution in [3.8, 4) is 0 Å². The number of hydrogen-bond acceptors (Lipinski definition) is 7. The molecule has 1 amide bonds. The first-order chi connectivity index (χ1) is 12.9. The third kappa shape index (κ3) is 4.96. The topological polar surface area (TPSA) is 119 Å². The van der Waals surface area contributed by atoms with E-state index in [-0.39, 0.29) is 11.6 Å². The van der Waals surface area contributed by atoms with Gasteiger partial charge in [0.2, 0.25) is 10.9 Å². The van der Waals surface area contributed by atoms with Gasteiger partial charge in [0.25, 0.3) is 5.91 Å². The second-order valence-electron chi connectivity index (χ2n) is 5.74. The highest BCUT2D eigenvalue weighted by Gasteiger charge is 2.18. The van der Waals surface area contributed by atoms with Gasteiger partial charge in [0.15, 0.2) is 0 Å². The highest BCUT2D eigenvalue weighted by Crippen LogP contribution is 2.20. The van der Waals surface area contributed by atoms with Crippen LogP contribution in [-0.2, 0) is 24.5 Å². The number of amides is 1. The number of pyridine rings is 1. The van der Waals surface area contributed by atoms with E-state index in [1.807, 2.05) is 6.92 Å². The van der Waals surface area contributed by atoms with Gasteiger partial charge in [0.05, 0.1) is 23.3 Å². The van der Waals surface area contributed by atoms with Crippen molar-refractivity contribution in [3.63, 3.8) is 0 Å². The van der Waals surface area contributed by atoms with Gasteiger partial charge in [-0.25, -0.2) is 18.1 Å². The maximum Gasteiger partial charge on any atom is 0.270 e. The summed E-state index contributed by atoms with van der Waals surface area (Å²) in [4.78, 5) is 21.5. The number of aromatic nitrogens is 4. The van der Waals surface area contributed by atoms with Crippen LogP contribution >= 0.6 is 11.3 Å². The Kier molecular flexibility index (Phi) is 5.94. The van der Waals surface area contributed by atoms with Crippen LogP contribution in [0.5, 0.6) is 0 Å². The van der Waals surface area contributed by atoms with E-state index in [1.165, 1.54) is 17.5 Å². The highest BCUT2D eigenvalue weighted by molar-refractivity contribution is 7.70. The summed E-state index contributed by atoms with van der Waals surface area (Å²) in [5.74, 6) is -0.315. The molecule has 0 radical (unpaired) electrons. The lowest BCUT2D eigenvalue weighted by Crippen LogP contribution is -2.24. The van der Waals surface area contributed by atoms with Crippen molar-refractivity contribution in [3.05, 3.63) is 63.6 Å². The molecule has 0 saturated carbocycles. The first-order valence-corrected chi connectivity index (χ1v) is 9.97. The molecule has 0 aliphatic heterocycles. The van der Waals surface area contributed by atoms with Gasteiger partial charge in [0, 0.05) is 30.5 Å². The lowest BCUT2D eigenvalue weighted by atomic mass is 10.1. The monoisotopic (exact) mass is 406 g/mol. The zero-order chi connectivity index (χ0) is 19.4. The van der Waals surface area contributed by atoms with Crippen molar-refractivity contribution in [2.75, 3.05) is 0 Å². The van der Waals surface area contributed by atoms with Crippen LogP contribution in [0, 0.1) is 6.92 Å². The minimum absolute atomic E-state index is 0.242. The van der Waals surface area contributed by atoms with Crippen LogP contribution < -0.4 is 10.0 Å². The molecular formula is C16H18N6O3S2. The zero-order valence-electron chi connectivity index (χ0n) is 14.6. The molecule has 11 heteroatoms. The maximum atomic E-state index is 12.2. The molecule has 142 valence electrons. The minimum atomic E-state index is -2.84. The van der Waals surface area contributed by atoms with Crippen LogP contribution in [0.2, 0.25) is 0 Å². The van der Waals surface area contributed by atoms with Gasteiger partial charge in [-0.2, -0.15) is 5.10 Å². The van der Waals surface area contributed by atoms with E-state index in [0.717, 1.165) is 9.88 Å². The van der Waals surface area contributed by atoms with Crippen LogP contribution in [0.4, 0.5) is 0 Å². The summed E-state index contributed by atoms with van der Waals surface area (Å²) in [7, 11) is -1.09. The fourth-order valence-corrected chi connectivity index (χ4v) is 3.69. The second kappa shape index (κ2) is 8.37. The third-order valence-corrected chi connectivity index (χ3v) is 5.09. The highest BCUT2D eigenvalue weighted by atomic mass is 32.2. The molecule has 1 atom stereocenters. The van der Waals surface area contributed by atoms with E-state index < -0.39 is 16.9 Å². The molecule has 0 spiro atoms. The van der Waals surface area contributed by atoms with Gasteiger partial charge < -0.3 is 5.32 Å². The van der Waals surface area contributed by atoms with Gasteiger partial charge in [0.1, 0.15) is 5.69 Å². The normalized spacial score (nSPS) is 12.3. The van der Waals surface area contributed by atoms with E-state index in [9.17, 15) is 13.2 Å². The van der Waals surface area contributed by atoms with Crippen LogP contribution in [0.15, 0.2) is 36.8 Å². The summed E-state index contributed by atoms with van der Waals surface area (Å²) in [5.41, 5.74) is 1.37. The van der Waals surface area contributed by atoms with Crippen LogP contribution in [0.1, 0.15) is 37.7 Å². The van der Waals surface area contributed by atoms with E-state index in [2.05, 4.69) is 25.1 Å². The van der Waals surface area contributed by atoms with Crippen molar-refractivity contribution >= 4 is 28.1 Å². The summed E-state index contributed by atoms with van der Waals surface area (Å²) in [6, 6.07) is 4.26. The number of thiol groups is 1. The van der Waals surface area contributed by atoms with E-state index in [4.69, 9.17) is 0 Å². The summed E-state index contributed by atoms with van der Waals surface area (Å²) in [6.45, 7) is 2.28. The lowest BCUT2D eigenvalue weighted by Gasteiger charge is -2.13. The molecule has 3 heterocycles. The third-order valence-electron chi connectivity index (χ3n) is 3.71. The Morgan fingerprint density at radius 2 is 2.07 bits per heavy atom. The van der Waals surface area contributed by atoms with Crippen LogP contribution in [-0.4, -0.2) is 34.1 Å². The predicted molar refractivity (Wildman–Crippen MR) is 101 cm³/mol. The smallest absolute Gasteiger partial charge is 0.270 e. The Balaban J connectivity index is 1.73. The van der Waals surface area contributed by atoms with Gasteiger partial charge in [-0.05, 0) is 24.6 Å². The van der Waals surface area contributed by atoms with Crippen molar-refractivity contribution in [2.24, 2.45) is 7.05 Å². The summed E-state index contributed by atoms with van der Waals surface area (Å²) in [6.07, 6.45) is 4.92. The van der Waals surface area contributed by atoms with Gasteiger partial charge in [-0.1, -0.05) is 6.07 Å². The lowest BCUT2D eigenvalue weighted by molar-refractivity contribution is 0.0946. The first-order valence-electron chi connectivity index (χ1n) is 7.98. The molecule has 3 rings (SSSR count). The minimum Gasteiger partial charge on any atom is -0.346 e. The quantitative estimate of drug-likeness (QED) is 0.498. The number of carbonyl (C=O) groups excluding carboxylic acids is 1. The Hall–Kier alpha value is -2.63. The Morgan fingerprint density at radius 1 is 1.26 bits per heavy atom. The molecule has 2 N–H and O–H groups in total. The number of carbonyl (C=O) groups is 1. The predicted octanol–water partition coefficient (Wildman–Crippen LogP) is 0.715. The number of aryl methyl sites for hydroxylation is 2. The second-order valence-corrected chi connectivity index (χ2v) is 7.83. The van der Waals surface area contributed by atoms with Gasteiger partial charge in [-0.15, -0.1) is 11.3 Å². The molecule has 3 aromatic rings. The number of thiazole rings is 1. The van der Waals surface area contributed by atoms with E-state index in [1.54, 1.807) is 42.3 Å². The standard InChI is InChI=1S/C16H18N6O3S2/c1-10-17-8-12(26-10)9-19-16(23)14-4-3-11(7-18-14)15(21-27(24)25)13-5-6-22(2)20-13/h3-8,15,27H,9H2,1-2H3,(H,19,23)(H,21,24,25). The molecular weight excluding hydrogens is 388 g/mol. The summed E-state index contributed by atoms with van der Waals surface area (Å²) >= 11 is 1.52. The molecule has 3 aromatic heterocycles. The van der Waals surface area contributed by atoms with Crippen molar-refractivity contribution < 1.29 is 13.2 Å².